The van der Waals surface area contributed by atoms with E-state index >= 15 is 0 Å². The molecule has 0 aliphatic heterocycles. The number of ether oxygens (including phenoxy) is 1. The van der Waals surface area contributed by atoms with E-state index in [-0.39, 0.29) is 23.5 Å². The fourth-order valence-electron chi connectivity index (χ4n) is 2.74. The van der Waals surface area contributed by atoms with Crippen molar-refractivity contribution in [2.24, 2.45) is 16.3 Å². The number of hydrogen-bond acceptors (Lipinski definition) is 5. The van der Waals surface area contributed by atoms with Crippen molar-refractivity contribution in [1.29, 1.82) is 0 Å². The number of Topliss-reactive ketones (excluding diaryl/α,β-unsaturated/α-hetero) is 1. The lowest BCUT2D eigenvalue weighted by Crippen LogP contribution is -2.40. The highest BCUT2D eigenvalue weighted by Gasteiger charge is 2.46. The molecular formula is C18H21NO4. The van der Waals surface area contributed by atoms with Gasteiger partial charge < -0.3 is 9.84 Å². The van der Waals surface area contributed by atoms with Crippen LogP contribution in [-0.2, 0) is 14.3 Å². The monoisotopic (exact) mass is 315 g/mol. The molecule has 0 unspecified atom stereocenters. The molecule has 1 aromatic carbocycles. The topological polar surface area (TPSA) is 76.0 Å². The zero-order valence-corrected chi connectivity index (χ0v) is 13.8. The minimum absolute atomic E-state index is 0.0697. The Morgan fingerprint density at radius 2 is 1.96 bits per heavy atom. The van der Waals surface area contributed by atoms with E-state index in [0.29, 0.717) is 5.69 Å². The average molecular weight is 315 g/mol. The highest BCUT2D eigenvalue weighted by molar-refractivity contribution is 6.15. The summed E-state index contributed by atoms with van der Waals surface area (Å²) in [6, 6.07) is 7.45. The molecule has 23 heavy (non-hydrogen) atoms. The molecule has 0 fully saturated rings. The third kappa shape index (κ3) is 3.50. The standard InChI is InChI=1S/C18H21NO4/c1-11-5-7-12(8-6-11)19-10-13-14(20)9-18(2,3)15(16(13)21)17(22)23-4/h5-8,10,15,21H,9H2,1-4H3/t15-/m0/s1. The molecule has 0 amide bonds. The van der Waals surface area contributed by atoms with Crippen LogP contribution in [0.2, 0.25) is 0 Å². The van der Waals surface area contributed by atoms with Crippen molar-refractivity contribution < 1.29 is 19.4 Å². The Bertz CT molecular complexity index is 683. The number of aliphatic hydroxyl groups is 1. The second kappa shape index (κ2) is 6.36. The van der Waals surface area contributed by atoms with Crippen molar-refractivity contribution in [3.05, 3.63) is 41.2 Å². The molecule has 0 spiro atoms. The van der Waals surface area contributed by atoms with E-state index in [4.69, 9.17) is 4.74 Å². The molecule has 1 atom stereocenters. The molecule has 1 aromatic rings. The molecule has 1 N–H and O–H groups in total. The number of allylic oxidation sites excluding steroid dienone is 1. The molecule has 5 heteroatoms. The second-order valence-electron chi connectivity index (χ2n) is 6.44. The van der Waals surface area contributed by atoms with Gasteiger partial charge in [0.15, 0.2) is 5.78 Å². The predicted octanol–water partition coefficient (Wildman–Crippen LogP) is 3.30. The van der Waals surface area contributed by atoms with Crippen molar-refractivity contribution in [2.75, 3.05) is 7.11 Å². The van der Waals surface area contributed by atoms with Crippen LogP contribution >= 0.6 is 0 Å². The van der Waals surface area contributed by atoms with Crippen LogP contribution in [0, 0.1) is 18.3 Å². The normalized spacial score (nSPS) is 20.9. The van der Waals surface area contributed by atoms with Gasteiger partial charge in [-0.3, -0.25) is 14.6 Å². The average Bonchev–Trinajstić information content (AvgIpc) is 2.47. The largest absolute Gasteiger partial charge is 0.511 e. The van der Waals surface area contributed by atoms with Gasteiger partial charge in [0.05, 0.1) is 18.4 Å². The second-order valence-corrected chi connectivity index (χ2v) is 6.44. The van der Waals surface area contributed by atoms with Crippen molar-refractivity contribution in [2.45, 2.75) is 27.2 Å². The Morgan fingerprint density at radius 3 is 2.52 bits per heavy atom. The molecule has 1 aliphatic rings. The highest BCUT2D eigenvalue weighted by atomic mass is 16.5. The lowest BCUT2D eigenvalue weighted by Gasteiger charge is -2.35. The van der Waals surface area contributed by atoms with Gasteiger partial charge in [-0.25, -0.2) is 0 Å². The van der Waals surface area contributed by atoms with Crippen LogP contribution in [0.25, 0.3) is 0 Å². The van der Waals surface area contributed by atoms with E-state index in [1.165, 1.54) is 13.3 Å². The Hall–Kier alpha value is -2.43. The molecule has 0 aromatic heterocycles. The van der Waals surface area contributed by atoms with Gasteiger partial charge in [0, 0.05) is 12.6 Å². The minimum atomic E-state index is -0.871. The van der Waals surface area contributed by atoms with E-state index in [9.17, 15) is 14.7 Å². The number of carbonyl (C=O) groups excluding carboxylic acids is 2. The fourth-order valence-corrected chi connectivity index (χ4v) is 2.74. The summed E-state index contributed by atoms with van der Waals surface area (Å²) >= 11 is 0. The number of hydrogen-bond donors (Lipinski definition) is 1. The van der Waals surface area contributed by atoms with Gasteiger partial charge in [0.25, 0.3) is 0 Å². The summed E-state index contributed by atoms with van der Waals surface area (Å²) in [4.78, 5) is 28.5. The predicted molar refractivity (Wildman–Crippen MR) is 87.9 cm³/mol. The van der Waals surface area contributed by atoms with Gasteiger partial charge in [-0.2, -0.15) is 0 Å². The number of benzene rings is 1. The highest BCUT2D eigenvalue weighted by Crippen LogP contribution is 2.41. The number of ketones is 1. The van der Waals surface area contributed by atoms with Crippen molar-refractivity contribution >= 4 is 23.7 Å². The fraction of sp³-hybridized carbons (Fsp3) is 0.389. The van der Waals surface area contributed by atoms with Crippen molar-refractivity contribution in [3.8, 4) is 0 Å². The van der Waals surface area contributed by atoms with Crippen LogP contribution in [-0.4, -0.2) is 30.2 Å². The van der Waals surface area contributed by atoms with Crippen LogP contribution in [0.4, 0.5) is 5.69 Å². The maximum atomic E-state index is 12.3. The molecule has 122 valence electrons. The lowest BCUT2D eigenvalue weighted by atomic mass is 9.68. The van der Waals surface area contributed by atoms with Crippen molar-refractivity contribution in [3.63, 3.8) is 0 Å². The van der Waals surface area contributed by atoms with Gasteiger partial charge in [0.2, 0.25) is 0 Å². The van der Waals surface area contributed by atoms with Gasteiger partial charge in [0.1, 0.15) is 11.7 Å². The van der Waals surface area contributed by atoms with Crippen LogP contribution in [0.5, 0.6) is 0 Å². The van der Waals surface area contributed by atoms with Crippen LogP contribution in [0.3, 0.4) is 0 Å². The quantitative estimate of drug-likeness (QED) is 0.686. The summed E-state index contributed by atoms with van der Waals surface area (Å²) in [5, 5.41) is 10.4. The third-order valence-electron chi connectivity index (χ3n) is 4.06. The number of aliphatic imine (C=N–C) groups is 1. The summed E-state index contributed by atoms with van der Waals surface area (Å²) in [6.45, 7) is 5.49. The van der Waals surface area contributed by atoms with E-state index < -0.39 is 17.3 Å². The number of aryl methyl sites for hydroxylation is 1. The van der Waals surface area contributed by atoms with Gasteiger partial charge >= 0.3 is 5.97 Å². The number of esters is 1. The number of nitrogens with zero attached hydrogens (tertiary/aromatic N) is 1. The third-order valence-corrected chi connectivity index (χ3v) is 4.06. The van der Waals surface area contributed by atoms with Crippen LogP contribution < -0.4 is 0 Å². The Labute approximate surface area is 135 Å². The van der Waals surface area contributed by atoms with E-state index in [1.807, 2.05) is 31.2 Å². The van der Waals surface area contributed by atoms with Crippen LogP contribution in [0.15, 0.2) is 40.6 Å². The first-order chi connectivity index (χ1) is 10.8. The maximum absolute atomic E-state index is 12.3. The molecule has 0 radical (unpaired) electrons. The zero-order valence-electron chi connectivity index (χ0n) is 13.8. The van der Waals surface area contributed by atoms with Gasteiger partial charge in [-0.1, -0.05) is 31.5 Å². The summed E-state index contributed by atoms with van der Waals surface area (Å²) in [5.74, 6) is -1.93. The molecule has 0 bridgehead atoms. The van der Waals surface area contributed by atoms with Crippen molar-refractivity contribution in [1.82, 2.24) is 0 Å². The van der Waals surface area contributed by atoms with Crippen LogP contribution in [0.1, 0.15) is 25.8 Å². The first-order valence-electron chi connectivity index (χ1n) is 7.41. The molecule has 0 heterocycles. The van der Waals surface area contributed by atoms with E-state index in [1.54, 1.807) is 13.8 Å². The van der Waals surface area contributed by atoms with Gasteiger partial charge in [-0.05, 0) is 24.5 Å². The SMILES string of the molecule is COC(=O)[C@@H]1C(O)=C(C=Nc2ccc(C)cc2)C(=O)CC1(C)C. The Balaban J connectivity index is 2.40. The first-order valence-corrected chi connectivity index (χ1v) is 7.41. The zero-order chi connectivity index (χ0) is 17.2. The Kier molecular flexibility index (Phi) is 4.68. The number of methoxy groups -OCH3 is 1. The smallest absolute Gasteiger partial charge is 0.316 e. The maximum Gasteiger partial charge on any atom is 0.316 e. The molecule has 0 saturated heterocycles. The van der Waals surface area contributed by atoms with Gasteiger partial charge in [-0.15, -0.1) is 0 Å². The summed E-state index contributed by atoms with van der Waals surface area (Å²) in [6.07, 6.45) is 1.47. The summed E-state index contributed by atoms with van der Waals surface area (Å²) in [7, 11) is 1.27. The lowest BCUT2D eigenvalue weighted by molar-refractivity contribution is -0.150. The molecule has 0 saturated carbocycles. The minimum Gasteiger partial charge on any atom is -0.511 e. The van der Waals surface area contributed by atoms with E-state index in [2.05, 4.69) is 4.99 Å². The number of rotatable bonds is 3. The summed E-state index contributed by atoms with van der Waals surface area (Å²) in [5.41, 5.74) is 1.14. The summed E-state index contributed by atoms with van der Waals surface area (Å²) < 4.78 is 4.77. The Morgan fingerprint density at radius 1 is 1.35 bits per heavy atom. The first kappa shape index (κ1) is 16.9. The number of aliphatic hydroxyl groups excluding tert-OH is 1. The molecule has 1 aliphatic carbocycles. The molecule has 5 nitrogen and oxygen atoms in total. The molecular weight excluding hydrogens is 294 g/mol. The molecule has 2 rings (SSSR count). The number of carbonyl (C=O) groups is 2. The van der Waals surface area contributed by atoms with E-state index in [0.717, 1.165) is 5.56 Å².